The Labute approximate surface area is 120 Å². The highest BCUT2D eigenvalue weighted by molar-refractivity contribution is 6.04. The summed E-state index contributed by atoms with van der Waals surface area (Å²) < 4.78 is 1.84. The van der Waals surface area contributed by atoms with Crippen LogP contribution in [0.4, 0.5) is 5.69 Å². The molecule has 0 saturated carbocycles. The zero-order chi connectivity index (χ0) is 14.7. The second-order valence-electron chi connectivity index (χ2n) is 4.41. The third-order valence-electron chi connectivity index (χ3n) is 2.89. The zero-order valence-corrected chi connectivity index (χ0v) is 11.0. The molecule has 0 aliphatic heterocycles. The van der Waals surface area contributed by atoms with Gasteiger partial charge >= 0.3 is 0 Å². The summed E-state index contributed by atoms with van der Waals surface area (Å²) in [5, 5.41) is 12.1. The minimum absolute atomic E-state index is 0.0465. The lowest BCUT2D eigenvalue weighted by Gasteiger charge is -2.08. The van der Waals surface area contributed by atoms with Gasteiger partial charge in [0.25, 0.3) is 5.91 Å². The quantitative estimate of drug-likeness (QED) is 0.771. The second-order valence-corrected chi connectivity index (χ2v) is 4.41. The molecule has 1 amide bonds. The monoisotopic (exact) mass is 280 g/mol. The molecule has 3 aromatic rings. The van der Waals surface area contributed by atoms with Gasteiger partial charge in [-0.2, -0.15) is 0 Å². The zero-order valence-electron chi connectivity index (χ0n) is 11.0. The van der Waals surface area contributed by atoms with Gasteiger partial charge in [0, 0.05) is 30.0 Å². The van der Waals surface area contributed by atoms with E-state index in [2.05, 4.69) is 15.3 Å². The first-order valence-electron chi connectivity index (χ1n) is 6.26. The van der Waals surface area contributed by atoms with Crippen LogP contribution in [0, 0.1) is 0 Å². The number of nitrogens with zero attached hydrogens (tertiary/aromatic N) is 3. The molecule has 0 radical (unpaired) electrons. The van der Waals surface area contributed by atoms with Crippen LogP contribution in [0.2, 0.25) is 0 Å². The van der Waals surface area contributed by atoms with Gasteiger partial charge in [-0.3, -0.25) is 9.78 Å². The lowest BCUT2D eigenvalue weighted by Crippen LogP contribution is -2.12. The van der Waals surface area contributed by atoms with Crippen LogP contribution >= 0.6 is 0 Å². The Morgan fingerprint density at radius 1 is 1.19 bits per heavy atom. The molecule has 6 nitrogen and oxygen atoms in total. The van der Waals surface area contributed by atoms with E-state index < -0.39 is 0 Å². The summed E-state index contributed by atoms with van der Waals surface area (Å²) in [5.41, 5.74) is 1.83. The molecule has 0 fully saturated rings. The van der Waals surface area contributed by atoms with Crippen molar-refractivity contribution in [3.63, 3.8) is 0 Å². The van der Waals surface area contributed by atoms with Crippen molar-refractivity contribution in [3.05, 3.63) is 67.0 Å². The van der Waals surface area contributed by atoms with Crippen LogP contribution in [0.3, 0.4) is 0 Å². The molecule has 2 heterocycles. The number of rotatable bonds is 3. The van der Waals surface area contributed by atoms with E-state index in [1.54, 1.807) is 18.6 Å². The van der Waals surface area contributed by atoms with Gasteiger partial charge in [0.2, 0.25) is 0 Å². The van der Waals surface area contributed by atoms with Crippen molar-refractivity contribution >= 4 is 11.6 Å². The van der Waals surface area contributed by atoms with E-state index >= 15 is 0 Å². The molecule has 0 aliphatic rings. The van der Waals surface area contributed by atoms with Gasteiger partial charge < -0.3 is 15.0 Å². The molecule has 0 atom stereocenters. The van der Waals surface area contributed by atoms with E-state index in [-0.39, 0.29) is 11.7 Å². The van der Waals surface area contributed by atoms with Crippen molar-refractivity contribution in [1.29, 1.82) is 0 Å². The highest BCUT2D eigenvalue weighted by Crippen LogP contribution is 2.16. The van der Waals surface area contributed by atoms with Gasteiger partial charge in [-0.1, -0.05) is 6.07 Å². The summed E-state index contributed by atoms with van der Waals surface area (Å²) >= 11 is 0. The average molecular weight is 280 g/mol. The van der Waals surface area contributed by atoms with E-state index in [0.717, 1.165) is 5.69 Å². The first kappa shape index (κ1) is 12.9. The number of pyridine rings is 1. The minimum Gasteiger partial charge on any atom is -0.506 e. The Kier molecular flexibility index (Phi) is 3.34. The van der Waals surface area contributed by atoms with Gasteiger partial charge in [-0.25, -0.2) is 4.98 Å². The number of aromatic hydroxyl groups is 1. The number of nitrogens with one attached hydrogen (secondary N) is 1. The summed E-state index contributed by atoms with van der Waals surface area (Å²) in [7, 11) is 0. The Bertz CT molecular complexity index is 769. The molecule has 0 unspecified atom stereocenters. The molecule has 0 aliphatic carbocycles. The van der Waals surface area contributed by atoms with Crippen molar-refractivity contribution in [2.45, 2.75) is 0 Å². The maximum atomic E-state index is 12.1. The minimum atomic E-state index is -0.332. The fraction of sp³-hybridized carbons (Fsp3) is 0. The molecule has 1 aromatic carbocycles. The number of carbonyl (C=O) groups excluding carboxylic acids is 1. The van der Waals surface area contributed by atoms with Crippen LogP contribution in [0.5, 0.6) is 5.75 Å². The number of hydrogen-bond donors (Lipinski definition) is 2. The molecule has 2 aromatic heterocycles. The third kappa shape index (κ3) is 2.89. The van der Waals surface area contributed by atoms with Crippen molar-refractivity contribution in [2.75, 3.05) is 5.32 Å². The predicted molar refractivity (Wildman–Crippen MR) is 77.4 cm³/mol. The number of amides is 1. The van der Waals surface area contributed by atoms with Crippen LogP contribution < -0.4 is 5.32 Å². The Hall–Kier alpha value is -3.15. The number of carbonyl (C=O) groups is 1. The fourth-order valence-electron chi connectivity index (χ4n) is 1.91. The number of imidazole rings is 1. The van der Waals surface area contributed by atoms with Crippen LogP contribution in [0.25, 0.3) is 5.69 Å². The van der Waals surface area contributed by atoms with Gasteiger partial charge in [-0.05, 0) is 24.3 Å². The molecule has 0 bridgehead atoms. The maximum absolute atomic E-state index is 12.1. The average Bonchev–Trinajstić information content (AvgIpc) is 3.02. The van der Waals surface area contributed by atoms with Crippen molar-refractivity contribution in [3.8, 4) is 11.4 Å². The SMILES string of the molecule is O=C(Nc1cccc(-n2ccnc2)c1)c1cncc(O)c1. The summed E-state index contributed by atoms with van der Waals surface area (Å²) in [6.07, 6.45) is 7.86. The summed E-state index contributed by atoms with van der Waals surface area (Å²) in [4.78, 5) is 19.9. The van der Waals surface area contributed by atoms with E-state index in [1.165, 1.54) is 18.5 Å². The van der Waals surface area contributed by atoms with Crippen LogP contribution in [-0.4, -0.2) is 25.5 Å². The van der Waals surface area contributed by atoms with Crippen molar-refractivity contribution in [2.24, 2.45) is 0 Å². The number of aromatic nitrogens is 3. The molecule has 0 saturated heterocycles. The summed E-state index contributed by atoms with van der Waals surface area (Å²) in [6, 6.07) is 8.73. The number of benzene rings is 1. The summed E-state index contributed by atoms with van der Waals surface area (Å²) in [6.45, 7) is 0. The fourth-order valence-corrected chi connectivity index (χ4v) is 1.91. The molecule has 21 heavy (non-hydrogen) atoms. The molecule has 6 heteroatoms. The highest BCUT2D eigenvalue weighted by atomic mass is 16.3. The molecule has 0 spiro atoms. The van der Waals surface area contributed by atoms with Gasteiger partial charge in [0.1, 0.15) is 5.75 Å². The van der Waals surface area contributed by atoms with Gasteiger partial charge in [-0.15, -0.1) is 0 Å². The molecule has 3 rings (SSSR count). The van der Waals surface area contributed by atoms with Gasteiger partial charge in [0.05, 0.1) is 18.1 Å². The topological polar surface area (TPSA) is 80.0 Å². The number of hydrogen-bond acceptors (Lipinski definition) is 4. The molecule has 2 N–H and O–H groups in total. The number of anilines is 1. The maximum Gasteiger partial charge on any atom is 0.257 e. The molecule has 104 valence electrons. The highest BCUT2D eigenvalue weighted by Gasteiger charge is 2.08. The smallest absolute Gasteiger partial charge is 0.257 e. The Morgan fingerprint density at radius 2 is 2.10 bits per heavy atom. The predicted octanol–water partition coefficient (Wildman–Crippen LogP) is 2.23. The molecular formula is C15H12N4O2. The van der Waals surface area contributed by atoms with Crippen molar-refractivity contribution < 1.29 is 9.90 Å². The van der Waals surface area contributed by atoms with Crippen LogP contribution in [-0.2, 0) is 0 Å². The van der Waals surface area contributed by atoms with Crippen molar-refractivity contribution in [1.82, 2.24) is 14.5 Å². The second kappa shape index (κ2) is 5.46. The Morgan fingerprint density at radius 3 is 2.86 bits per heavy atom. The van der Waals surface area contributed by atoms with Gasteiger partial charge in [0.15, 0.2) is 0 Å². The van der Waals surface area contributed by atoms with E-state index in [0.29, 0.717) is 11.3 Å². The first-order valence-corrected chi connectivity index (χ1v) is 6.26. The van der Waals surface area contributed by atoms with Crippen LogP contribution in [0.1, 0.15) is 10.4 Å². The van der Waals surface area contributed by atoms with E-state index in [1.807, 2.05) is 29.0 Å². The standard InChI is InChI=1S/C15H12N4O2/c20-14-6-11(8-17-9-14)15(21)18-12-2-1-3-13(7-12)19-5-4-16-10-19/h1-10,20H,(H,18,21). The van der Waals surface area contributed by atoms with E-state index in [4.69, 9.17) is 0 Å². The first-order chi connectivity index (χ1) is 10.2. The molecular weight excluding hydrogens is 268 g/mol. The van der Waals surface area contributed by atoms with Crippen LogP contribution in [0.15, 0.2) is 61.4 Å². The summed E-state index contributed by atoms with van der Waals surface area (Å²) in [5.74, 6) is -0.379. The Balaban J connectivity index is 1.82. The lowest BCUT2D eigenvalue weighted by molar-refractivity contribution is 0.102. The lowest BCUT2D eigenvalue weighted by atomic mass is 10.2. The normalized spacial score (nSPS) is 10.3. The largest absolute Gasteiger partial charge is 0.506 e. The van der Waals surface area contributed by atoms with E-state index in [9.17, 15) is 9.90 Å². The third-order valence-corrected chi connectivity index (χ3v) is 2.89.